The Bertz CT molecular complexity index is 911. The molecule has 0 saturated carbocycles. The second kappa shape index (κ2) is 7.09. The van der Waals surface area contributed by atoms with Gasteiger partial charge in [0.05, 0.1) is 17.1 Å². The van der Waals surface area contributed by atoms with Crippen molar-refractivity contribution < 1.29 is 4.79 Å². The van der Waals surface area contributed by atoms with E-state index in [0.717, 1.165) is 46.5 Å². The first-order valence-electron chi connectivity index (χ1n) is 8.84. The molecule has 0 radical (unpaired) electrons. The number of aryl methyl sites for hydroxylation is 3. The number of imidazole rings is 1. The number of nitrogens with one attached hydrogen (secondary N) is 1. The number of rotatable bonds is 5. The fraction of sp³-hybridized carbons (Fsp3) is 0.333. The monoisotopic (exact) mass is 335 g/mol. The third kappa shape index (κ3) is 3.43. The molecule has 0 bridgehead atoms. The fourth-order valence-corrected chi connectivity index (χ4v) is 3.29. The first-order valence-corrected chi connectivity index (χ1v) is 8.84. The van der Waals surface area contributed by atoms with Crippen molar-refractivity contribution in [3.63, 3.8) is 0 Å². The second-order valence-corrected chi connectivity index (χ2v) is 6.62. The van der Waals surface area contributed by atoms with Crippen LogP contribution in [0, 0.1) is 13.8 Å². The highest BCUT2D eigenvalue weighted by Crippen LogP contribution is 2.22. The Morgan fingerprint density at radius 3 is 2.68 bits per heavy atom. The molecule has 3 rings (SSSR count). The Morgan fingerprint density at radius 1 is 1.20 bits per heavy atom. The number of carbonyl (C=O) groups excluding carboxylic acids is 1. The van der Waals surface area contributed by atoms with E-state index in [1.807, 2.05) is 57.2 Å². The number of carbonyl (C=O) groups is 1. The van der Waals surface area contributed by atoms with Crippen molar-refractivity contribution in [2.24, 2.45) is 0 Å². The Hall–Kier alpha value is -2.62. The summed E-state index contributed by atoms with van der Waals surface area (Å²) in [5.41, 5.74) is 4.96. The minimum atomic E-state index is -0.160. The lowest BCUT2D eigenvalue weighted by Gasteiger charge is -2.17. The number of nitrogens with zero attached hydrogens (tertiary/aromatic N) is 2. The van der Waals surface area contributed by atoms with E-state index in [-0.39, 0.29) is 11.9 Å². The van der Waals surface area contributed by atoms with Crippen LogP contribution < -0.4 is 5.32 Å². The van der Waals surface area contributed by atoms with Gasteiger partial charge >= 0.3 is 0 Å². The van der Waals surface area contributed by atoms with E-state index in [9.17, 15) is 4.79 Å². The maximum absolute atomic E-state index is 12.7. The molecule has 1 atom stereocenters. The summed E-state index contributed by atoms with van der Waals surface area (Å²) in [6.45, 7) is 9.04. The van der Waals surface area contributed by atoms with Crippen LogP contribution in [0.5, 0.6) is 0 Å². The highest BCUT2D eigenvalue weighted by Gasteiger charge is 2.19. The molecule has 0 saturated heterocycles. The van der Waals surface area contributed by atoms with Gasteiger partial charge in [0.1, 0.15) is 5.82 Å². The molecule has 1 N–H and O–H groups in total. The van der Waals surface area contributed by atoms with Crippen molar-refractivity contribution >= 4 is 16.9 Å². The third-order valence-electron chi connectivity index (χ3n) is 4.49. The molecule has 4 nitrogen and oxygen atoms in total. The van der Waals surface area contributed by atoms with Crippen molar-refractivity contribution in [2.45, 2.75) is 46.7 Å². The zero-order valence-electron chi connectivity index (χ0n) is 15.3. The van der Waals surface area contributed by atoms with Crippen LogP contribution in [-0.2, 0) is 6.54 Å². The zero-order valence-corrected chi connectivity index (χ0v) is 15.3. The molecule has 1 heterocycles. The van der Waals surface area contributed by atoms with Crippen LogP contribution in [0.15, 0.2) is 42.5 Å². The molecular weight excluding hydrogens is 310 g/mol. The number of fused-ring (bicyclic) bond motifs is 1. The van der Waals surface area contributed by atoms with Gasteiger partial charge in [-0.25, -0.2) is 4.98 Å². The molecule has 130 valence electrons. The molecule has 4 heteroatoms. The summed E-state index contributed by atoms with van der Waals surface area (Å²) in [6, 6.07) is 13.9. The summed E-state index contributed by atoms with van der Waals surface area (Å²) in [4.78, 5) is 17.5. The van der Waals surface area contributed by atoms with Crippen LogP contribution in [0.1, 0.15) is 53.6 Å². The average Bonchev–Trinajstić information content (AvgIpc) is 2.94. The lowest BCUT2D eigenvalue weighted by atomic mass is 10.0. The highest BCUT2D eigenvalue weighted by molar-refractivity contribution is 5.96. The third-order valence-corrected chi connectivity index (χ3v) is 4.49. The van der Waals surface area contributed by atoms with Crippen molar-refractivity contribution in [2.75, 3.05) is 0 Å². The van der Waals surface area contributed by atoms with Gasteiger partial charge in [-0.15, -0.1) is 0 Å². The minimum absolute atomic E-state index is 0.0555. The van der Waals surface area contributed by atoms with Gasteiger partial charge in [-0.1, -0.05) is 36.8 Å². The average molecular weight is 335 g/mol. The van der Waals surface area contributed by atoms with Crippen LogP contribution in [0.4, 0.5) is 0 Å². The van der Waals surface area contributed by atoms with E-state index in [1.54, 1.807) is 0 Å². The van der Waals surface area contributed by atoms with Crippen LogP contribution in [0.25, 0.3) is 11.0 Å². The van der Waals surface area contributed by atoms with Crippen molar-refractivity contribution in [1.82, 2.24) is 14.9 Å². The Labute approximate surface area is 148 Å². The van der Waals surface area contributed by atoms with Gasteiger partial charge in [0.15, 0.2) is 0 Å². The maximum atomic E-state index is 12.7. The maximum Gasteiger partial charge on any atom is 0.252 e. The van der Waals surface area contributed by atoms with E-state index in [0.29, 0.717) is 0 Å². The summed E-state index contributed by atoms with van der Waals surface area (Å²) in [6.07, 6.45) is 1.02. The predicted molar refractivity (Wildman–Crippen MR) is 102 cm³/mol. The van der Waals surface area contributed by atoms with E-state index >= 15 is 0 Å². The van der Waals surface area contributed by atoms with Gasteiger partial charge in [-0.3, -0.25) is 4.79 Å². The van der Waals surface area contributed by atoms with Gasteiger partial charge in [-0.2, -0.15) is 0 Å². The molecule has 3 aromatic rings. The molecule has 2 aromatic carbocycles. The smallest absolute Gasteiger partial charge is 0.252 e. The molecular formula is C21H25N3O. The molecule has 0 aliphatic heterocycles. The molecule has 0 fully saturated rings. The van der Waals surface area contributed by atoms with Crippen LogP contribution >= 0.6 is 0 Å². The largest absolute Gasteiger partial charge is 0.342 e. The molecule has 0 aliphatic carbocycles. The SMILES string of the molecule is CCCn1c(C(C)NC(=O)c2ccc(C)cc2C)nc2ccccc21. The van der Waals surface area contributed by atoms with Crippen LogP contribution in [0.3, 0.4) is 0 Å². The van der Waals surface area contributed by atoms with Crippen molar-refractivity contribution in [1.29, 1.82) is 0 Å². The number of aromatic nitrogens is 2. The normalized spacial score (nSPS) is 12.3. The number of amides is 1. The molecule has 0 aliphatic rings. The second-order valence-electron chi connectivity index (χ2n) is 6.62. The summed E-state index contributed by atoms with van der Waals surface area (Å²) >= 11 is 0. The quantitative estimate of drug-likeness (QED) is 0.743. The number of hydrogen-bond donors (Lipinski definition) is 1. The van der Waals surface area contributed by atoms with E-state index in [1.165, 1.54) is 0 Å². The van der Waals surface area contributed by atoms with Gasteiger partial charge in [-0.05, 0) is 51.0 Å². The molecule has 1 amide bonds. The van der Waals surface area contributed by atoms with Crippen LogP contribution in [-0.4, -0.2) is 15.5 Å². The zero-order chi connectivity index (χ0) is 18.0. The van der Waals surface area contributed by atoms with Gasteiger partial charge < -0.3 is 9.88 Å². The Balaban J connectivity index is 1.90. The predicted octanol–water partition coefficient (Wildman–Crippen LogP) is 4.55. The summed E-state index contributed by atoms with van der Waals surface area (Å²) < 4.78 is 2.21. The Morgan fingerprint density at radius 2 is 1.96 bits per heavy atom. The number of para-hydroxylation sites is 2. The van der Waals surface area contributed by atoms with Gasteiger partial charge in [0.2, 0.25) is 0 Å². The lowest BCUT2D eigenvalue weighted by molar-refractivity contribution is 0.0937. The van der Waals surface area contributed by atoms with Gasteiger partial charge in [0, 0.05) is 12.1 Å². The summed E-state index contributed by atoms with van der Waals surface area (Å²) in [5, 5.41) is 3.11. The summed E-state index contributed by atoms with van der Waals surface area (Å²) in [5.74, 6) is 0.848. The van der Waals surface area contributed by atoms with Crippen molar-refractivity contribution in [3.8, 4) is 0 Å². The highest BCUT2D eigenvalue weighted by atomic mass is 16.1. The lowest BCUT2D eigenvalue weighted by Crippen LogP contribution is -2.29. The molecule has 1 unspecified atom stereocenters. The first-order chi connectivity index (χ1) is 12.0. The minimum Gasteiger partial charge on any atom is -0.342 e. The standard InChI is InChI=1S/C21H25N3O/c1-5-12-24-19-9-7-6-8-18(19)23-20(24)16(4)22-21(25)17-11-10-14(2)13-15(17)3/h6-11,13,16H,5,12H2,1-4H3,(H,22,25). The first kappa shape index (κ1) is 17.2. The number of benzene rings is 2. The Kier molecular flexibility index (Phi) is 4.88. The van der Waals surface area contributed by atoms with E-state index in [2.05, 4.69) is 22.9 Å². The fourth-order valence-electron chi connectivity index (χ4n) is 3.29. The summed E-state index contributed by atoms with van der Waals surface area (Å²) in [7, 11) is 0. The van der Waals surface area contributed by atoms with E-state index in [4.69, 9.17) is 4.98 Å². The van der Waals surface area contributed by atoms with Crippen LogP contribution in [0.2, 0.25) is 0 Å². The molecule has 25 heavy (non-hydrogen) atoms. The molecule has 1 aromatic heterocycles. The number of hydrogen-bond acceptors (Lipinski definition) is 2. The van der Waals surface area contributed by atoms with Crippen molar-refractivity contribution in [3.05, 3.63) is 65.0 Å². The molecule has 0 spiro atoms. The topological polar surface area (TPSA) is 46.9 Å². The van der Waals surface area contributed by atoms with E-state index < -0.39 is 0 Å². The van der Waals surface area contributed by atoms with Gasteiger partial charge in [0.25, 0.3) is 5.91 Å².